The Labute approximate surface area is 108 Å². The average molecular weight is 250 g/mol. The van der Waals surface area contributed by atoms with Crippen LogP contribution in [-0.2, 0) is 4.79 Å². The molecule has 2 heterocycles. The number of likely N-dealkylation sites (tertiary alicyclic amines) is 1. The van der Waals surface area contributed by atoms with Crippen LogP contribution in [0.4, 0.5) is 5.82 Å². The van der Waals surface area contributed by atoms with Crippen LogP contribution in [0.15, 0.2) is 6.07 Å². The fraction of sp³-hybridized carbons (Fsp3) is 0.692. The Kier molecular flexibility index (Phi) is 3.71. The lowest BCUT2D eigenvalue weighted by Crippen LogP contribution is -2.46. The first-order valence-corrected chi connectivity index (χ1v) is 6.59. The van der Waals surface area contributed by atoms with Crippen molar-refractivity contribution in [1.82, 2.24) is 15.1 Å². The third-order valence-corrected chi connectivity index (χ3v) is 3.80. The average Bonchev–Trinajstić information content (AvgIpc) is 2.85. The van der Waals surface area contributed by atoms with Gasteiger partial charge in [-0.05, 0) is 40.5 Å². The molecule has 0 aliphatic carbocycles. The van der Waals surface area contributed by atoms with E-state index in [1.54, 1.807) is 0 Å². The number of aryl methyl sites for hydroxylation is 1. The van der Waals surface area contributed by atoms with Gasteiger partial charge in [0.15, 0.2) is 5.82 Å². The molecule has 1 aromatic rings. The second-order valence-electron chi connectivity index (χ2n) is 5.32. The molecule has 1 aliphatic rings. The number of hydrogen-bond acceptors (Lipinski definition) is 3. The van der Waals surface area contributed by atoms with Crippen LogP contribution >= 0.6 is 0 Å². The first kappa shape index (κ1) is 13.1. The molecule has 0 saturated carbocycles. The number of carbonyl (C=O) groups excluding carboxylic acids is 1. The number of rotatable bonds is 3. The smallest absolute Gasteiger partial charge is 0.242 e. The fourth-order valence-electron chi connectivity index (χ4n) is 2.83. The molecule has 0 aromatic carbocycles. The van der Waals surface area contributed by atoms with Crippen molar-refractivity contribution in [1.29, 1.82) is 0 Å². The maximum Gasteiger partial charge on any atom is 0.242 e. The van der Waals surface area contributed by atoms with Crippen LogP contribution in [-0.4, -0.2) is 39.1 Å². The van der Waals surface area contributed by atoms with Crippen molar-refractivity contribution in [3.8, 4) is 0 Å². The van der Waals surface area contributed by atoms with E-state index in [2.05, 4.69) is 34.3 Å². The van der Waals surface area contributed by atoms with E-state index in [-0.39, 0.29) is 11.9 Å². The maximum atomic E-state index is 12.2. The zero-order valence-electron chi connectivity index (χ0n) is 11.5. The molecular formula is C13H22N4O. The second-order valence-corrected chi connectivity index (χ2v) is 5.32. The first-order chi connectivity index (χ1) is 8.49. The maximum absolute atomic E-state index is 12.2. The molecule has 2 rings (SSSR count). The van der Waals surface area contributed by atoms with E-state index in [0.29, 0.717) is 17.9 Å². The van der Waals surface area contributed by atoms with Gasteiger partial charge in [-0.15, -0.1) is 0 Å². The van der Waals surface area contributed by atoms with Gasteiger partial charge >= 0.3 is 0 Å². The van der Waals surface area contributed by atoms with E-state index in [4.69, 9.17) is 0 Å². The molecule has 5 heteroatoms. The van der Waals surface area contributed by atoms with Crippen molar-refractivity contribution in [3.05, 3.63) is 11.8 Å². The van der Waals surface area contributed by atoms with Gasteiger partial charge in [0, 0.05) is 23.8 Å². The molecule has 1 saturated heterocycles. The van der Waals surface area contributed by atoms with Crippen LogP contribution in [0.25, 0.3) is 0 Å². The lowest BCUT2D eigenvalue weighted by molar-refractivity contribution is -0.121. The van der Waals surface area contributed by atoms with E-state index < -0.39 is 0 Å². The lowest BCUT2D eigenvalue weighted by Gasteiger charge is -2.31. The number of hydrogen-bond donors (Lipinski definition) is 2. The fourth-order valence-corrected chi connectivity index (χ4v) is 2.83. The lowest BCUT2D eigenvalue weighted by atomic mass is 10.2. The minimum Gasteiger partial charge on any atom is -0.308 e. The Bertz CT molecular complexity index is 418. The molecule has 3 atom stereocenters. The molecule has 5 nitrogen and oxygen atoms in total. The Hall–Kier alpha value is -1.36. The van der Waals surface area contributed by atoms with E-state index in [0.717, 1.165) is 5.69 Å². The van der Waals surface area contributed by atoms with Crippen LogP contribution in [0.1, 0.15) is 39.3 Å². The van der Waals surface area contributed by atoms with Crippen molar-refractivity contribution < 1.29 is 4.79 Å². The summed E-state index contributed by atoms with van der Waals surface area (Å²) in [6.07, 6.45) is 2.33. The van der Waals surface area contributed by atoms with Gasteiger partial charge in [-0.25, -0.2) is 0 Å². The van der Waals surface area contributed by atoms with E-state index >= 15 is 0 Å². The molecule has 1 aromatic heterocycles. The van der Waals surface area contributed by atoms with Crippen LogP contribution < -0.4 is 5.32 Å². The highest BCUT2D eigenvalue weighted by Crippen LogP contribution is 2.26. The molecule has 1 amide bonds. The number of anilines is 1. The van der Waals surface area contributed by atoms with Gasteiger partial charge in [0.2, 0.25) is 5.91 Å². The van der Waals surface area contributed by atoms with Crippen LogP contribution in [0.2, 0.25) is 0 Å². The Morgan fingerprint density at radius 2 is 2.11 bits per heavy atom. The highest BCUT2D eigenvalue weighted by Gasteiger charge is 2.34. The minimum absolute atomic E-state index is 0.0158. The summed E-state index contributed by atoms with van der Waals surface area (Å²) in [4.78, 5) is 14.5. The number of carbonyl (C=O) groups is 1. The van der Waals surface area contributed by atoms with Crippen LogP contribution in [0.3, 0.4) is 0 Å². The molecule has 0 spiro atoms. The SMILES string of the molecule is Cc1cc(NC(=O)C(C)N2C(C)CCC2C)n[nH]1. The number of aromatic nitrogens is 2. The number of amides is 1. The molecule has 1 fully saturated rings. The predicted molar refractivity (Wildman–Crippen MR) is 71.4 cm³/mol. The van der Waals surface area contributed by atoms with Gasteiger partial charge in [-0.2, -0.15) is 5.10 Å². The summed E-state index contributed by atoms with van der Waals surface area (Å²) in [6, 6.07) is 2.67. The standard InChI is InChI=1S/C13H22N4O/c1-8-7-12(16-15-8)14-13(18)11(4)17-9(2)5-6-10(17)3/h7,9-11H,5-6H2,1-4H3,(H2,14,15,16,18). The molecule has 2 N–H and O–H groups in total. The van der Waals surface area contributed by atoms with Gasteiger partial charge in [-0.3, -0.25) is 14.8 Å². The third-order valence-electron chi connectivity index (χ3n) is 3.80. The summed E-state index contributed by atoms with van der Waals surface area (Å²) in [5.41, 5.74) is 0.945. The number of H-pyrrole nitrogens is 1. The molecule has 100 valence electrons. The second kappa shape index (κ2) is 5.10. The minimum atomic E-state index is -0.116. The molecule has 18 heavy (non-hydrogen) atoms. The van der Waals surface area contributed by atoms with Crippen molar-refractivity contribution in [2.75, 3.05) is 5.32 Å². The predicted octanol–water partition coefficient (Wildman–Crippen LogP) is 1.92. The Morgan fingerprint density at radius 1 is 1.50 bits per heavy atom. The quantitative estimate of drug-likeness (QED) is 0.861. The van der Waals surface area contributed by atoms with Crippen molar-refractivity contribution in [2.45, 2.75) is 58.7 Å². The van der Waals surface area contributed by atoms with Gasteiger partial charge in [0.25, 0.3) is 0 Å². The van der Waals surface area contributed by atoms with Crippen molar-refractivity contribution >= 4 is 11.7 Å². The number of nitrogens with zero attached hydrogens (tertiary/aromatic N) is 2. The Morgan fingerprint density at radius 3 is 2.61 bits per heavy atom. The molecule has 3 unspecified atom stereocenters. The number of nitrogens with one attached hydrogen (secondary N) is 2. The molecule has 0 bridgehead atoms. The van der Waals surface area contributed by atoms with Crippen molar-refractivity contribution in [3.63, 3.8) is 0 Å². The summed E-state index contributed by atoms with van der Waals surface area (Å²) in [5.74, 6) is 0.617. The molecular weight excluding hydrogens is 228 g/mol. The van der Waals surface area contributed by atoms with E-state index in [1.165, 1.54) is 12.8 Å². The van der Waals surface area contributed by atoms with Gasteiger partial charge in [-0.1, -0.05) is 0 Å². The summed E-state index contributed by atoms with van der Waals surface area (Å²) in [5, 5.41) is 9.71. The van der Waals surface area contributed by atoms with Crippen LogP contribution in [0.5, 0.6) is 0 Å². The number of aromatic amines is 1. The largest absolute Gasteiger partial charge is 0.308 e. The van der Waals surface area contributed by atoms with E-state index in [9.17, 15) is 4.79 Å². The van der Waals surface area contributed by atoms with Gasteiger partial charge in [0.05, 0.1) is 6.04 Å². The van der Waals surface area contributed by atoms with Crippen molar-refractivity contribution in [2.24, 2.45) is 0 Å². The molecule has 1 aliphatic heterocycles. The highest BCUT2D eigenvalue weighted by molar-refractivity contribution is 5.93. The Balaban J connectivity index is 2.00. The van der Waals surface area contributed by atoms with Crippen LogP contribution in [0, 0.1) is 6.92 Å². The topological polar surface area (TPSA) is 61.0 Å². The third kappa shape index (κ3) is 2.56. The van der Waals surface area contributed by atoms with Gasteiger partial charge < -0.3 is 5.32 Å². The van der Waals surface area contributed by atoms with Gasteiger partial charge in [0.1, 0.15) is 0 Å². The summed E-state index contributed by atoms with van der Waals surface area (Å²) in [6.45, 7) is 8.25. The summed E-state index contributed by atoms with van der Waals surface area (Å²) in [7, 11) is 0. The summed E-state index contributed by atoms with van der Waals surface area (Å²) < 4.78 is 0. The normalized spacial score (nSPS) is 26.2. The first-order valence-electron chi connectivity index (χ1n) is 6.59. The zero-order valence-corrected chi connectivity index (χ0v) is 11.5. The summed E-state index contributed by atoms with van der Waals surface area (Å²) >= 11 is 0. The molecule has 0 radical (unpaired) electrons. The monoisotopic (exact) mass is 250 g/mol. The highest BCUT2D eigenvalue weighted by atomic mass is 16.2. The van der Waals surface area contributed by atoms with E-state index in [1.807, 2.05) is 19.9 Å². The zero-order chi connectivity index (χ0) is 13.3.